The summed E-state index contributed by atoms with van der Waals surface area (Å²) < 4.78 is 133. The van der Waals surface area contributed by atoms with Gasteiger partial charge in [0, 0.05) is 36.7 Å². The van der Waals surface area contributed by atoms with Gasteiger partial charge in [0.05, 0.1) is 67.1 Å². The first kappa shape index (κ1) is 87.7. The monoisotopic (exact) mass is 1340 g/mol. The van der Waals surface area contributed by atoms with Crippen LogP contribution in [-0.4, -0.2) is 236 Å². The van der Waals surface area contributed by atoms with Crippen LogP contribution in [0.4, 0.5) is 24.0 Å². The zero-order chi connectivity index (χ0) is 70.0. The molecule has 10 unspecified atom stereocenters. The zero-order valence-corrected chi connectivity index (χ0v) is 58.6. The van der Waals surface area contributed by atoms with Gasteiger partial charge in [0.25, 0.3) is 0 Å². The van der Waals surface area contributed by atoms with E-state index in [-0.39, 0.29) is 157 Å². The van der Waals surface area contributed by atoms with E-state index in [2.05, 4.69) is 0 Å². The van der Waals surface area contributed by atoms with Crippen LogP contribution < -0.4 is 0 Å². The second-order valence-corrected chi connectivity index (χ2v) is 24.9. The molecule has 0 aromatic heterocycles. The predicted molar refractivity (Wildman–Crippen MR) is 323 cm³/mol. The molecule has 0 bridgehead atoms. The average molecular weight is 1340 g/mol. The molecule has 1 N–H and O–H groups in total. The normalized spacial score (nSPS) is 15.7. The number of rotatable bonds is 54. The third-order valence-corrected chi connectivity index (χ3v) is 14.6. The molecule has 0 rings (SSSR count). The molecule has 0 aromatic carbocycles. The van der Waals surface area contributed by atoms with Gasteiger partial charge in [-0.05, 0) is 104 Å². The summed E-state index contributed by atoms with van der Waals surface area (Å²) in [5, 5.41) is 9.54. The number of ether oxygens (including phenoxy) is 25. The van der Waals surface area contributed by atoms with Crippen LogP contribution in [-0.2, 0) is 118 Å². The lowest BCUT2D eigenvalue weighted by atomic mass is 9.93. The molecule has 10 atom stereocenters. The Morgan fingerprint density at radius 3 is 0.685 bits per heavy atom. The van der Waals surface area contributed by atoms with Crippen LogP contribution >= 0.6 is 0 Å². The van der Waals surface area contributed by atoms with Crippen LogP contribution in [0.25, 0.3) is 0 Å². The maximum absolute atomic E-state index is 12.7. The smallest absolute Gasteiger partial charge is 0.434 e. The first-order chi connectivity index (χ1) is 43.0. The minimum atomic E-state index is -0.964. The van der Waals surface area contributed by atoms with Crippen molar-refractivity contribution < 1.29 is 148 Å². The Morgan fingerprint density at radius 1 is 0.272 bits per heavy atom. The van der Waals surface area contributed by atoms with Gasteiger partial charge in [-0.2, -0.15) is 0 Å². The molecule has 0 heterocycles. The number of hydrogen-bond donors (Lipinski definition) is 1. The van der Waals surface area contributed by atoms with E-state index in [1.165, 1.54) is 7.11 Å². The molecule has 0 aliphatic rings. The fourth-order valence-corrected chi connectivity index (χ4v) is 6.27. The minimum absolute atomic E-state index is 0.0112. The van der Waals surface area contributed by atoms with E-state index in [1.54, 1.807) is 48.5 Å². The van der Waals surface area contributed by atoms with Crippen LogP contribution in [0, 0.1) is 29.6 Å². The topological polar surface area (TPSA) is 336 Å². The number of aliphatic hydroxyl groups excluding tert-OH is 1. The van der Waals surface area contributed by atoms with Crippen molar-refractivity contribution in [3.63, 3.8) is 0 Å². The standard InChI is InChI=1S/C61H114O31/c1-42(22-78-52(63)83-41-77-40-76-39-75-38-74-37-73-36-72-35-71-34-70-33-69-32-68-21)58(13,14)85-28-48(7)90-54(65)80-24-44(3)60(17,18)87-30-50(9)92-56(67)82-26-46(5)61(19,20)88-31-51(10)91-55(66)81-25-45(4)59(15,16)86-29-49(8)89-53(64)79-23-43(2)57(11,12)84-27-47(6)62/h42-51,62H,22-41H2,1-21H3. The largest absolute Gasteiger partial charge is 0.510 e. The first-order valence-electron chi connectivity index (χ1n) is 30.7. The van der Waals surface area contributed by atoms with Gasteiger partial charge in [-0.1, -0.05) is 34.6 Å². The molecule has 0 aromatic rings. The highest BCUT2D eigenvalue weighted by molar-refractivity contribution is 5.61. The lowest BCUT2D eigenvalue weighted by Crippen LogP contribution is -2.40. The van der Waals surface area contributed by atoms with Crippen molar-refractivity contribution in [2.75, 3.05) is 141 Å². The van der Waals surface area contributed by atoms with Gasteiger partial charge >= 0.3 is 30.8 Å². The maximum atomic E-state index is 12.7. The fourth-order valence-electron chi connectivity index (χ4n) is 6.27. The number of carbonyl (C=O) groups excluding carboxylic acids is 5. The second-order valence-electron chi connectivity index (χ2n) is 24.9. The van der Waals surface area contributed by atoms with Crippen LogP contribution in [0.1, 0.15) is 138 Å². The molecule has 0 aliphatic carbocycles. The molecule has 0 saturated carbocycles. The summed E-state index contributed by atoms with van der Waals surface area (Å²) in [4.78, 5) is 62.5. The summed E-state index contributed by atoms with van der Waals surface area (Å²) in [6.45, 7) is 34.7. The number of carbonyl (C=O) groups is 5. The average Bonchev–Trinajstić information content (AvgIpc) is 1.02. The van der Waals surface area contributed by atoms with Gasteiger partial charge in [-0.25, -0.2) is 24.0 Å². The van der Waals surface area contributed by atoms with Crippen molar-refractivity contribution in [3.05, 3.63) is 0 Å². The third kappa shape index (κ3) is 43.6. The first-order valence-corrected chi connectivity index (χ1v) is 30.7. The Hall–Kier alpha value is -4.29. The van der Waals surface area contributed by atoms with E-state index in [1.807, 2.05) is 90.0 Å². The van der Waals surface area contributed by atoms with Crippen molar-refractivity contribution in [1.29, 1.82) is 0 Å². The van der Waals surface area contributed by atoms with Crippen molar-refractivity contribution in [2.24, 2.45) is 29.6 Å². The summed E-state index contributed by atoms with van der Waals surface area (Å²) in [5.74, 6) is -1.41. The van der Waals surface area contributed by atoms with E-state index >= 15 is 0 Å². The molecule has 544 valence electrons. The van der Waals surface area contributed by atoms with E-state index in [4.69, 9.17) is 118 Å². The molecular formula is C61H114O31. The van der Waals surface area contributed by atoms with Crippen LogP contribution in [0.5, 0.6) is 0 Å². The quantitative estimate of drug-likeness (QED) is 0.0256. The lowest BCUT2D eigenvalue weighted by Gasteiger charge is -2.33. The van der Waals surface area contributed by atoms with E-state index in [9.17, 15) is 29.1 Å². The summed E-state index contributed by atoms with van der Waals surface area (Å²) in [6.07, 6.45) is -7.85. The van der Waals surface area contributed by atoms with Crippen molar-refractivity contribution in [3.8, 4) is 0 Å². The molecule has 0 aliphatic heterocycles. The minimum Gasteiger partial charge on any atom is -0.434 e. The Labute approximate surface area is 544 Å². The third-order valence-electron chi connectivity index (χ3n) is 14.6. The zero-order valence-electron chi connectivity index (χ0n) is 58.6. The number of hydrogen-bond acceptors (Lipinski definition) is 31. The molecule has 0 spiro atoms. The van der Waals surface area contributed by atoms with Crippen molar-refractivity contribution in [1.82, 2.24) is 0 Å². The van der Waals surface area contributed by atoms with Crippen LogP contribution in [0.2, 0.25) is 0 Å². The number of methoxy groups -OCH3 is 1. The summed E-state index contributed by atoms with van der Waals surface area (Å²) in [5.41, 5.74) is -3.88. The van der Waals surface area contributed by atoms with Gasteiger partial charge < -0.3 is 124 Å². The number of aliphatic hydroxyl groups is 1. The fraction of sp³-hybridized carbons (Fsp3) is 0.918. The van der Waals surface area contributed by atoms with Gasteiger partial charge in [-0.15, -0.1) is 0 Å². The second kappa shape index (κ2) is 47.6. The molecule has 0 fully saturated rings. The summed E-state index contributed by atoms with van der Waals surface area (Å²) in [6, 6.07) is 0. The molecule has 31 heteroatoms. The van der Waals surface area contributed by atoms with Crippen molar-refractivity contribution in [2.45, 2.75) is 197 Å². The van der Waals surface area contributed by atoms with E-state index in [0.29, 0.717) is 0 Å². The van der Waals surface area contributed by atoms with Crippen molar-refractivity contribution >= 4 is 30.8 Å². The Morgan fingerprint density at radius 2 is 0.467 bits per heavy atom. The highest BCUT2D eigenvalue weighted by Crippen LogP contribution is 2.27. The van der Waals surface area contributed by atoms with Crippen LogP contribution in [0.15, 0.2) is 0 Å². The molecule has 0 saturated heterocycles. The van der Waals surface area contributed by atoms with Gasteiger partial charge in [0.2, 0.25) is 0 Å². The molecule has 0 radical (unpaired) electrons. The molecular weight excluding hydrogens is 1230 g/mol. The van der Waals surface area contributed by atoms with Gasteiger partial charge in [-0.3, -0.25) is 0 Å². The molecule has 0 amide bonds. The summed E-state index contributed by atoms with van der Waals surface area (Å²) >= 11 is 0. The lowest BCUT2D eigenvalue weighted by molar-refractivity contribution is -0.230. The van der Waals surface area contributed by atoms with Gasteiger partial charge in [0.1, 0.15) is 64.2 Å². The van der Waals surface area contributed by atoms with E-state index in [0.717, 1.165) is 0 Å². The summed E-state index contributed by atoms with van der Waals surface area (Å²) in [7, 11) is 1.50. The predicted octanol–water partition coefficient (Wildman–Crippen LogP) is 9.21. The highest BCUT2D eigenvalue weighted by atomic mass is 16.8. The molecule has 31 nitrogen and oxygen atoms in total. The Kier molecular flexibility index (Phi) is 45.4. The maximum Gasteiger partial charge on any atom is 0.510 e. The van der Waals surface area contributed by atoms with Gasteiger partial charge in [0.15, 0.2) is 61.1 Å². The highest BCUT2D eigenvalue weighted by Gasteiger charge is 2.35. The Balaban J connectivity index is 4.42. The molecule has 92 heavy (non-hydrogen) atoms. The SMILES string of the molecule is COCOCOCOCOCOCOCOCOCOCOC(=O)OCC(C)C(C)(C)OCC(C)OC(=O)OCC(C)C(C)(C)OCC(C)OC(=O)OCC(C)C(C)(C)OCC(C)OC(=O)OCC(C)C(C)(C)OCC(C)OC(=O)OCC(C)C(C)(C)OCC(C)O. The van der Waals surface area contributed by atoms with E-state index < -0.39 is 96.1 Å². The Bertz CT molecular complexity index is 1950. The van der Waals surface area contributed by atoms with Crippen LogP contribution in [0.3, 0.4) is 0 Å².